The first-order chi connectivity index (χ1) is 9.66. The number of aromatic amines is 1. The highest BCUT2D eigenvalue weighted by molar-refractivity contribution is 6.33. The van der Waals surface area contributed by atoms with Gasteiger partial charge in [0.2, 0.25) is 0 Å². The van der Waals surface area contributed by atoms with Crippen molar-refractivity contribution >= 4 is 28.5 Å². The Bertz CT molecular complexity index is 758. The summed E-state index contributed by atoms with van der Waals surface area (Å²) in [5.41, 5.74) is 1.74. The Labute approximate surface area is 119 Å². The number of pyridine rings is 1. The Balaban J connectivity index is 1.78. The van der Waals surface area contributed by atoms with Gasteiger partial charge in [-0.3, -0.25) is 14.6 Å². The van der Waals surface area contributed by atoms with E-state index in [1.54, 1.807) is 13.2 Å². The van der Waals surface area contributed by atoms with Crippen molar-refractivity contribution < 1.29 is 4.79 Å². The lowest BCUT2D eigenvalue weighted by molar-refractivity contribution is 0.0941. The average molecular weight is 291 g/mol. The van der Waals surface area contributed by atoms with Gasteiger partial charge >= 0.3 is 0 Å². The number of aryl methyl sites for hydroxylation is 1. The molecule has 0 fully saturated rings. The van der Waals surface area contributed by atoms with Crippen LogP contribution in [0.4, 0.5) is 0 Å². The van der Waals surface area contributed by atoms with Gasteiger partial charge in [0.25, 0.3) is 5.91 Å². The van der Waals surface area contributed by atoms with Crippen molar-refractivity contribution in [3.8, 4) is 0 Å². The molecule has 0 aliphatic carbocycles. The molecular weight excluding hydrogens is 280 g/mol. The molecule has 0 aliphatic heterocycles. The third-order valence-electron chi connectivity index (χ3n) is 2.94. The number of aromatic nitrogens is 5. The predicted octanol–water partition coefficient (Wildman–Crippen LogP) is 1.27. The Hall–Kier alpha value is -2.41. The monoisotopic (exact) mass is 290 g/mol. The summed E-state index contributed by atoms with van der Waals surface area (Å²) in [5.74, 6) is -0.290. The second kappa shape index (κ2) is 4.93. The lowest BCUT2D eigenvalue weighted by Gasteiger charge is -2.04. The highest BCUT2D eigenvalue weighted by Gasteiger charge is 2.16. The number of hydrogen-bond acceptors (Lipinski definition) is 4. The number of H-pyrrole nitrogens is 1. The van der Waals surface area contributed by atoms with E-state index < -0.39 is 0 Å². The number of nitrogens with one attached hydrogen (secondary N) is 2. The van der Waals surface area contributed by atoms with Crippen molar-refractivity contribution in [1.82, 2.24) is 30.3 Å². The molecule has 8 heteroatoms. The van der Waals surface area contributed by atoms with E-state index in [4.69, 9.17) is 11.6 Å². The highest BCUT2D eigenvalue weighted by atomic mass is 35.5. The summed E-state index contributed by atoms with van der Waals surface area (Å²) in [7, 11) is 1.66. The topological polar surface area (TPSA) is 88.5 Å². The molecule has 0 unspecified atom stereocenters. The maximum absolute atomic E-state index is 12.1. The fraction of sp³-hybridized carbons (Fsp3) is 0.167. The fourth-order valence-electron chi connectivity index (χ4n) is 1.96. The van der Waals surface area contributed by atoms with Gasteiger partial charge in [-0.25, -0.2) is 4.98 Å². The number of carbonyl (C=O) groups excluding carboxylic acids is 1. The van der Waals surface area contributed by atoms with Crippen LogP contribution in [0.15, 0.2) is 24.5 Å². The Kier molecular flexibility index (Phi) is 3.11. The SMILES string of the molecule is Cn1ncc(Cl)c1C(=O)NCc1[nH]nc2ncccc12. The van der Waals surface area contributed by atoms with Crippen LogP contribution in [0.2, 0.25) is 5.02 Å². The molecule has 20 heavy (non-hydrogen) atoms. The summed E-state index contributed by atoms with van der Waals surface area (Å²) in [4.78, 5) is 16.2. The smallest absolute Gasteiger partial charge is 0.271 e. The number of rotatable bonds is 3. The average Bonchev–Trinajstić information content (AvgIpc) is 3.00. The van der Waals surface area contributed by atoms with Gasteiger partial charge in [-0.05, 0) is 12.1 Å². The minimum Gasteiger partial charge on any atom is -0.345 e. The molecule has 7 nitrogen and oxygen atoms in total. The summed E-state index contributed by atoms with van der Waals surface area (Å²) in [6, 6.07) is 3.71. The van der Waals surface area contributed by atoms with Crippen LogP contribution in [0, 0.1) is 0 Å². The third-order valence-corrected chi connectivity index (χ3v) is 3.22. The maximum atomic E-state index is 12.1. The molecule has 1 amide bonds. The van der Waals surface area contributed by atoms with E-state index in [-0.39, 0.29) is 5.91 Å². The molecule has 3 heterocycles. The third kappa shape index (κ3) is 2.12. The molecular formula is C12H11ClN6O. The molecule has 0 aromatic carbocycles. The summed E-state index contributed by atoms with van der Waals surface area (Å²) in [6.07, 6.45) is 3.10. The highest BCUT2D eigenvalue weighted by Crippen LogP contribution is 2.15. The van der Waals surface area contributed by atoms with E-state index >= 15 is 0 Å². The molecule has 0 bridgehead atoms. The van der Waals surface area contributed by atoms with Gasteiger partial charge in [-0.15, -0.1) is 0 Å². The van der Waals surface area contributed by atoms with Crippen LogP contribution in [-0.4, -0.2) is 30.9 Å². The lowest BCUT2D eigenvalue weighted by Crippen LogP contribution is -2.25. The molecule has 2 N–H and O–H groups in total. The molecule has 0 aliphatic rings. The van der Waals surface area contributed by atoms with Gasteiger partial charge in [0.15, 0.2) is 5.65 Å². The summed E-state index contributed by atoms with van der Waals surface area (Å²) < 4.78 is 1.43. The standard InChI is InChI=1S/C12H11ClN6O/c1-19-10(8(13)5-16-19)12(20)15-6-9-7-3-2-4-14-11(7)18-17-9/h2-5H,6H2,1H3,(H,15,20)(H,14,17,18). The van der Waals surface area contributed by atoms with E-state index in [0.717, 1.165) is 11.1 Å². The van der Waals surface area contributed by atoms with Crippen LogP contribution in [0.1, 0.15) is 16.2 Å². The molecule has 102 valence electrons. The second-order valence-corrected chi connectivity index (χ2v) is 4.63. The first kappa shape index (κ1) is 12.6. The first-order valence-corrected chi connectivity index (χ1v) is 6.28. The number of nitrogens with zero attached hydrogens (tertiary/aromatic N) is 4. The van der Waals surface area contributed by atoms with E-state index in [0.29, 0.717) is 22.9 Å². The molecule has 0 spiro atoms. The zero-order valence-electron chi connectivity index (χ0n) is 10.6. The van der Waals surface area contributed by atoms with E-state index in [2.05, 4.69) is 25.6 Å². The van der Waals surface area contributed by atoms with Crippen molar-refractivity contribution in [2.45, 2.75) is 6.54 Å². The van der Waals surface area contributed by atoms with Crippen molar-refractivity contribution in [3.63, 3.8) is 0 Å². The lowest BCUT2D eigenvalue weighted by atomic mass is 10.2. The van der Waals surface area contributed by atoms with E-state index in [1.807, 2.05) is 12.1 Å². The van der Waals surface area contributed by atoms with Crippen molar-refractivity contribution in [3.05, 3.63) is 40.9 Å². The van der Waals surface area contributed by atoms with Crippen LogP contribution in [-0.2, 0) is 13.6 Å². The number of halogens is 1. The van der Waals surface area contributed by atoms with Gasteiger partial charge in [0.05, 0.1) is 23.5 Å². The number of fused-ring (bicyclic) bond motifs is 1. The fourth-order valence-corrected chi connectivity index (χ4v) is 2.21. The zero-order valence-corrected chi connectivity index (χ0v) is 11.3. The van der Waals surface area contributed by atoms with Gasteiger partial charge < -0.3 is 5.32 Å². The van der Waals surface area contributed by atoms with Gasteiger partial charge in [0.1, 0.15) is 5.69 Å². The maximum Gasteiger partial charge on any atom is 0.271 e. The van der Waals surface area contributed by atoms with E-state index in [1.165, 1.54) is 10.9 Å². The molecule has 0 saturated carbocycles. The molecule has 3 aromatic heterocycles. The van der Waals surface area contributed by atoms with Gasteiger partial charge in [-0.1, -0.05) is 11.6 Å². The molecule has 0 radical (unpaired) electrons. The Morgan fingerprint density at radius 3 is 3.15 bits per heavy atom. The number of hydrogen-bond donors (Lipinski definition) is 2. The molecule has 3 aromatic rings. The van der Waals surface area contributed by atoms with Gasteiger partial charge in [-0.2, -0.15) is 10.2 Å². The molecule has 3 rings (SSSR count). The Morgan fingerprint density at radius 1 is 1.55 bits per heavy atom. The van der Waals surface area contributed by atoms with E-state index in [9.17, 15) is 4.79 Å². The normalized spacial score (nSPS) is 10.9. The van der Waals surface area contributed by atoms with Crippen molar-refractivity contribution in [1.29, 1.82) is 0 Å². The minimum atomic E-state index is -0.290. The summed E-state index contributed by atoms with van der Waals surface area (Å²) in [5, 5.41) is 14.8. The van der Waals surface area contributed by atoms with Crippen molar-refractivity contribution in [2.24, 2.45) is 7.05 Å². The number of carbonyl (C=O) groups is 1. The summed E-state index contributed by atoms with van der Waals surface area (Å²) in [6.45, 7) is 0.308. The largest absolute Gasteiger partial charge is 0.345 e. The summed E-state index contributed by atoms with van der Waals surface area (Å²) >= 11 is 5.92. The first-order valence-electron chi connectivity index (χ1n) is 5.90. The molecule has 0 atom stereocenters. The van der Waals surface area contributed by atoms with Crippen LogP contribution in [0.25, 0.3) is 11.0 Å². The minimum absolute atomic E-state index is 0.290. The van der Waals surface area contributed by atoms with Crippen LogP contribution >= 0.6 is 11.6 Å². The Morgan fingerprint density at radius 2 is 2.40 bits per heavy atom. The number of amides is 1. The van der Waals surface area contributed by atoms with Gasteiger partial charge in [0, 0.05) is 18.6 Å². The van der Waals surface area contributed by atoms with Crippen LogP contribution < -0.4 is 5.32 Å². The van der Waals surface area contributed by atoms with Crippen molar-refractivity contribution in [2.75, 3.05) is 0 Å². The predicted molar refractivity (Wildman–Crippen MR) is 73.3 cm³/mol. The van der Waals surface area contributed by atoms with Crippen LogP contribution in [0.3, 0.4) is 0 Å². The molecule has 0 saturated heterocycles. The second-order valence-electron chi connectivity index (χ2n) is 4.22. The zero-order chi connectivity index (χ0) is 14.1. The quantitative estimate of drug-likeness (QED) is 0.760. The van der Waals surface area contributed by atoms with Crippen LogP contribution in [0.5, 0.6) is 0 Å².